The fourth-order valence-electron chi connectivity index (χ4n) is 0.506. The maximum Gasteiger partial charge on any atom is 0.0635 e. The minimum atomic E-state index is 0.604. The fourth-order valence-corrected chi connectivity index (χ4v) is 0.506. The summed E-state index contributed by atoms with van der Waals surface area (Å²) in [4.78, 5) is 0. The van der Waals surface area contributed by atoms with Crippen molar-refractivity contribution in [1.82, 2.24) is 0 Å². The highest BCUT2D eigenvalue weighted by Crippen LogP contribution is 2.01. The SMILES string of the molecule is [O]Nc1ccccc1. The summed E-state index contributed by atoms with van der Waals surface area (Å²) in [5.41, 5.74) is 2.38. The van der Waals surface area contributed by atoms with Gasteiger partial charge < -0.3 is 0 Å². The maximum atomic E-state index is 9.88. The molecule has 0 saturated carbocycles. The molecule has 2 nitrogen and oxygen atoms in total. The highest BCUT2D eigenvalue weighted by molar-refractivity contribution is 5.39. The van der Waals surface area contributed by atoms with Crippen LogP contribution in [0.25, 0.3) is 0 Å². The van der Waals surface area contributed by atoms with Crippen molar-refractivity contribution < 1.29 is 5.21 Å². The molecule has 0 aliphatic rings. The lowest BCUT2D eigenvalue weighted by atomic mass is 10.3. The first kappa shape index (κ1) is 5.12. The van der Waals surface area contributed by atoms with E-state index in [1.165, 1.54) is 0 Å². The average Bonchev–Trinajstić information content (AvgIpc) is 1.90. The molecule has 0 aliphatic carbocycles. The third-order valence-corrected chi connectivity index (χ3v) is 0.892. The zero-order chi connectivity index (χ0) is 5.82. The summed E-state index contributed by atoms with van der Waals surface area (Å²) in [6.45, 7) is 0. The minimum Gasteiger partial charge on any atom is -0.233 e. The molecule has 0 bridgehead atoms. The molecule has 1 rings (SSSR count). The number of hydrogen-bond acceptors (Lipinski definition) is 1. The van der Waals surface area contributed by atoms with Crippen LogP contribution in [0.15, 0.2) is 30.3 Å². The molecule has 0 aromatic heterocycles. The third-order valence-electron chi connectivity index (χ3n) is 0.892. The standard InChI is InChI=1S/C6H6NO/c8-7-6-4-2-1-3-5-6/h1-5,7H. The van der Waals surface area contributed by atoms with E-state index in [0.29, 0.717) is 5.69 Å². The molecule has 0 fully saturated rings. The van der Waals surface area contributed by atoms with Crippen molar-refractivity contribution >= 4 is 5.69 Å². The van der Waals surface area contributed by atoms with Gasteiger partial charge in [-0.2, -0.15) is 0 Å². The number of benzene rings is 1. The summed E-state index contributed by atoms with van der Waals surface area (Å²) in [5.74, 6) is 0. The topological polar surface area (TPSA) is 31.9 Å². The zero-order valence-corrected chi connectivity index (χ0v) is 4.29. The molecule has 0 unspecified atom stereocenters. The van der Waals surface area contributed by atoms with Crippen LogP contribution >= 0.6 is 0 Å². The van der Waals surface area contributed by atoms with E-state index in [2.05, 4.69) is 0 Å². The van der Waals surface area contributed by atoms with Crippen molar-refractivity contribution in [3.63, 3.8) is 0 Å². The van der Waals surface area contributed by atoms with E-state index in [4.69, 9.17) is 0 Å². The number of rotatable bonds is 1. The lowest BCUT2D eigenvalue weighted by Gasteiger charge is -1.90. The number of hydrogen-bond donors (Lipinski definition) is 1. The van der Waals surface area contributed by atoms with Gasteiger partial charge in [0.15, 0.2) is 0 Å². The Hall–Kier alpha value is -1.02. The van der Waals surface area contributed by atoms with Gasteiger partial charge in [0.1, 0.15) is 0 Å². The molecule has 2 heteroatoms. The summed E-state index contributed by atoms with van der Waals surface area (Å²) < 4.78 is 0. The molecule has 41 valence electrons. The van der Waals surface area contributed by atoms with Crippen molar-refractivity contribution in [2.24, 2.45) is 0 Å². The van der Waals surface area contributed by atoms with Gasteiger partial charge in [0, 0.05) is 0 Å². The maximum absolute atomic E-state index is 9.88. The van der Waals surface area contributed by atoms with E-state index in [0.717, 1.165) is 0 Å². The average molecular weight is 108 g/mol. The largest absolute Gasteiger partial charge is 0.233 e. The first-order valence-electron chi connectivity index (χ1n) is 2.36. The number of nitrogens with one attached hydrogen (secondary N) is 1. The molecule has 0 saturated heterocycles. The van der Waals surface area contributed by atoms with Gasteiger partial charge in [0.05, 0.1) is 5.69 Å². The van der Waals surface area contributed by atoms with Crippen LogP contribution in [0.1, 0.15) is 0 Å². The monoisotopic (exact) mass is 108 g/mol. The molecule has 8 heavy (non-hydrogen) atoms. The summed E-state index contributed by atoms with van der Waals surface area (Å²) in [7, 11) is 0. The second-order valence-electron chi connectivity index (χ2n) is 1.47. The van der Waals surface area contributed by atoms with E-state index in [1.54, 1.807) is 29.7 Å². The first-order valence-corrected chi connectivity index (χ1v) is 2.36. The normalized spacial score (nSPS) is 8.62. The molecule has 0 amide bonds. The lowest BCUT2D eigenvalue weighted by molar-refractivity contribution is 0.274. The van der Waals surface area contributed by atoms with Gasteiger partial charge in [-0.1, -0.05) is 23.4 Å². The van der Waals surface area contributed by atoms with Gasteiger partial charge in [-0.25, -0.2) is 5.48 Å². The van der Waals surface area contributed by atoms with Crippen molar-refractivity contribution in [3.05, 3.63) is 30.3 Å². The van der Waals surface area contributed by atoms with Crippen molar-refractivity contribution in [2.45, 2.75) is 0 Å². The van der Waals surface area contributed by atoms with Crippen LogP contribution in [0, 0.1) is 0 Å². The molecule has 0 atom stereocenters. The second-order valence-corrected chi connectivity index (χ2v) is 1.47. The zero-order valence-electron chi connectivity index (χ0n) is 4.29. The van der Waals surface area contributed by atoms with E-state index in [-0.39, 0.29) is 0 Å². The van der Waals surface area contributed by atoms with Crippen molar-refractivity contribution in [2.75, 3.05) is 5.48 Å². The Morgan fingerprint density at radius 3 is 2.12 bits per heavy atom. The Bertz CT molecular complexity index is 150. The Morgan fingerprint density at radius 1 is 1.12 bits per heavy atom. The van der Waals surface area contributed by atoms with Crippen LogP contribution in [0.5, 0.6) is 0 Å². The minimum absolute atomic E-state index is 0.604. The Labute approximate surface area is 47.7 Å². The molecule has 1 radical (unpaired) electrons. The van der Waals surface area contributed by atoms with E-state index in [1.807, 2.05) is 6.07 Å². The van der Waals surface area contributed by atoms with Crippen LogP contribution in [0.3, 0.4) is 0 Å². The van der Waals surface area contributed by atoms with Gasteiger partial charge in [-0.05, 0) is 12.1 Å². The molecular weight excluding hydrogens is 102 g/mol. The molecular formula is C6H6NO. The fraction of sp³-hybridized carbons (Fsp3) is 0. The lowest BCUT2D eigenvalue weighted by Crippen LogP contribution is -1.83. The van der Waals surface area contributed by atoms with Crippen LogP contribution in [-0.4, -0.2) is 0 Å². The molecule has 1 aromatic rings. The van der Waals surface area contributed by atoms with E-state index in [9.17, 15) is 5.21 Å². The summed E-state index contributed by atoms with van der Waals surface area (Å²) in [6.07, 6.45) is 0. The van der Waals surface area contributed by atoms with E-state index < -0.39 is 0 Å². The van der Waals surface area contributed by atoms with Crippen LogP contribution < -0.4 is 5.48 Å². The number of anilines is 1. The Kier molecular flexibility index (Phi) is 1.49. The Balaban J connectivity index is 2.83. The van der Waals surface area contributed by atoms with Gasteiger partial charge in [0.2, 0.25) is 0 Å². The quantitative estimate of drug-likeness (QED) is 0.542. The predicted molar refractivity (Wildman–Crippen MR) is 30.8 cm³/mol. The molecule has 0 heterocycles. The van der Waals surface area contributed by atoms with E-state index >= 15 is 0 Å². The molecule has 0 aliphatic heterocycles. The molecule has 0 spiro atoms. The van der Waals surface area contributed by atoms with Crippen LogP contribution in [0.2, 0.25) is 0 Å². The molecule has 1 N–H and O–H groups in total. The second kappa shape index (κ2) is 2.33. The van der Waals surface area contributed by atoms with Crippen LogP contribution in [-0.2, 0) is 5.21 Å². The van der Waals surface area contributed by atoms with Crippen molar-refractivity contribution in [1.29, 1.82) is 0 Å². The smallest absolute Gasteiger partial charge is 0.0635 e. The predicted octanol–water partition coefficient (Wildman–Crippen LogP) is 1.44. The van der Waals surface area contributed by atoms with Crippen molar-refractivity contribution in [3.8, 4) is 0 Å². The van der Waals surface area contributed by atoms with Gasteiger partial charge >= 0.3 is 0 Å². The van der Waals surface area contributed by atoms with Gasteiger partial charge in [-0.15, -0.1) is 0 Å². The summed E-state index contributed by atoms with van der Waals surface area (Å²) in [6, 6.07) is 8.90. The van der Waals surface area contributed by atoms with Gasteiger partial charge in [0.25, 0.3) is 0 Å². The summed E-state index contributed by atoms with van der Waals surface area (Å²) >= 11 is 0. The summed E-state index contributed by atoms with van der Waals surface area (Å²) in [5, 5.41) is 9.88. The first-order chi connectivity index (χ1) is 3.93. The Morgan fingerprint density at radius 2 is 1.75 bits per heavy atom. The highest BCUT2D eigenvalue weighted by Gasteiger charge is 1.80. The molecule has 1 aromatic carbocycles. The van der Waals surface area contributed by atoms with Gasteiger partial charge in [-0.3, -0.25) is 0 Å². The number of para-hydroxylation sites is 1. The van der Waals surface area contributed by atoms with Crippen LogP contribution in [0.4, 0.5) is 5.69 Å². The third kappa shape index (κ3) is 0.978. The highest BCUT2D eigenvalue weighted by atomic mass is 16.5.